The molecule has 1 heteroatoms. The summed E-state index contributed by atoms with van der Waals surface area (Å²) in [5.41, 5.74) is 4.19. The zero-order valence-corrected chi connectivity index (χ0v) is 10.0. The first-order chi connectivity index (χ1) is 7.59. The summed E-state index contributed by atoms with van der Waals surface area (Å²) >= 11 is 0. The van der Waals surface area contributed by atoms with Gasteiger partial charge in [0.15, 0.2) is 0 Å². The topological polar surface area (TPSA) is 23.8 Å². The van der Waals surface area contributed by atoms with Crippen LogP contribution in [-0.2, 0) is 18.3 Å². The normalized spacial score (nSPS) is 29.6. The van der Waals surface area contributed by atoms with E-state index in [9.17, 15) is 5.26 Å². The van der Waals surface area contributed by atoms with Gasteiger partial charge in [0.1, 0.15) is 0 Å². The van der Waals surface area contributed by atoms with Crippen LogP contribution in [0.15, 0.2) is 18.2 Å². The largest absolute Gasteiger partial charge is 0.197 e. The molecule has 0 heterocycles. The monoisotopic (exact) mass is 211 g/mol. The van der Waals surface area contributed by atoms with Crippen molar-refractivity contribution in [2.45, 2.75) is 44.9 Å². The lowest BCUT2D eigenvalue weighted by Crippen LogP contribution is -2.12. The molecule has 0 N–H and O–H groups in total. The van der Waals surface area contributed by atoms with Gasteiger partial charge in [-0.1, -0.05) is 32.0 Å². The number of nitrogens with zero attached hydrogens (tertiary/aromatic N) is 1. The third-order valence-corrected chi connectivity index (χ3v) is 4.52. The smallest absolute Gasteiger partial charge is 0.0879 e. The highest BCUT2D eigenvalue weighted by atomic mass is 14.6. The lowest BCUT2D eigenvalue weighted by Gasteiger charge is -2.14. The predicted octanol–water partition coefficient (Wildman–Crippen LogP) is 3.37. The Morgan fingerprint density at radius 1 is 1.19 bits per heavy atom. The van der Waals surface area contributed by atoms with Gasteiger partial charge in [-0.25, -0.2) is 0 Å². The SMILES string of the molecule is CC1(C)CC1(C#N)c1ccc2c(c1)CCC2. The van der Waals surface area contributed by atoms with Crippen LogP contribution in [0.4, 0.5) is 0 Å². The second-order valence-corrected chi connectivity index (χ2v) is 5.91. The minimum Gasteiger partial charge on any atom is -0.197 e. The lowest BCUT2D eigenvalue weighted by molar-refractivity contribution is 0.570. The number of hydrogen-bond acceptors (Lipinski definition) is 1. The van der Waals surface area contributed by atoms with Gasteiger partial charge in [-0.05, 0) is 47.8 Å². The lowest BCUT2D eigenvalue weighted by atomic mass is 9.88. The maximum Gasteiger partial charge on any atom is 0.0879 e. The summed E-state index contributed by atoms with van der Waals surface area (Å²) in [6.45, 7) is 4.40. The van der Waals surface area contributed by atoms with Crippen LogP contribution in [-0.4, -0.2) is 0 Å². The summed E-state index contributed by atoms with van der Waals surface area (Å²) in [4.78, 5) is 0. The minimum absolute atomic E-state index is 0.161. The van der Waals surface area contributed by atoms with Gasteiger partial charge in [-0.3, -0.25) is 0 Å². The highest BCUT2D eigenvalue weighted by molar-refractivity contribution is 5.48. The number of rotatable bonds is 1. The first kappa shape index (κ1) is 9.90. The number of fused-ring (bicyclic) bond motifs is 1. The molecule has 0 aliphatic heterocycles. The number of benzene rings is 1. The first-order valence-electron chi connectivity index (χ1n) is 6.13. The van der Waals surface area contributed by atoms with Gasteiger partial charge >= 0.3 is 0 Å². The molecule has 1 unspecified atom stereocenters. The maximum absolute atomic E-state index is 9.44. The van der Waals surface area contributed by atoms with Crippen molar-refractivity contribution < 1.29 is 0 Å². The third kappa shape index (κ3) is 1.11. The summed E-state index contributed by atoms with van der Waals surface area (Å²) in [5.74, 6) is 0. The average molecular weight is 211 g/mol. The van der Waals surface area contributed by atoms with E-state index in [0.29, 0.717) is 0 Å². The number of aryl methyl sites for hydroxylation is 2. The summed E-state index contributed by atoms with van der Waals surface area (Å²) < 4.78 is 0. The fourth-order valence-electron chi connectivity index (χ4n) is 3.20. The molecule has 0 radical (unpaired) electrons. The first-order valence-corrected chi connectivity index (χ1v) is 6.13. The zero-order chi connectivity index (χ0) is 11.4. The second kappa shape index (κ2) is 2.88. The van der Waals surface area contributed by atoms with Crippen molar-refractivity contribution in [3.05, 3.63) is 34.9 Å². The van der Waals surface area contributed by atoms with Crippen LogP contribution in [0.2, 0.25) is 0 Å². The van der Waals surface area contributed by atoms with Gasteiger partial charge in [0.25, 0.3) is 0 Å². The molecule has 3 rings (SSSR count). The van der Waals surface area contributed by atoms with Crippen LogP contribution in [0.5, 0.6) is 0 Å². The van der Waals surface area contributed by atoms with Crippen molar-refractivity contribution in [2.24, 2.45) is 5.41 Å². The van der Waals surface area contributed by atoms with Crippen LogP contribution in [0.25, 0.3) is 0 Å². The molecule has 2 aliphatic carbocycles. The van der Waals surface area contributed by atoms with Crippen molar-refractivity contribution in [1.29, 1.82) is 5.26 Å². The van der Waals surface area contributed by atoms with E-state index in [1.807, 2.05) is 0 Å². The summed E-state index contributed by atoms with van der Waals surface area (Å²) in [5, 5.41) is 9.44. The van der Waals surface area contributed by atoms with Crippen molar-refractivity contribution in [1.82, 2.24) is 0 Å². The molecular formula is C15H17N. The predicted molar refractivity (Wildman–Crippen MR) is 64.2 cm³/mol. The zero-order valence-electron chi connectivity index (χ0n) is 10.0. The second-order valence-electron chi connectivity index (χ2n) is 5.91. The van der Waals surface area contributed by atoms with Crippen LogP contribution in [0.1, 0.15) is 43.4 Å². The van der Waals surface area contributed by atoms with Gasteiger partial charge in [-0.15, -0.1) is 0 Å². The third-order valence-electron chi connectivity index (χ3n) is 4.52. The van der Waals surface area contributed by atoms with Crippen molar-refractivity contribution >= 4 is 0 Å². The average Bonchev–Trinajstić information content (AvgIpc) is 2.63. The summed E-state index contributed by atoms with van der Waals surface area (Å²) in [6.07, 6.45) is 4.71. The molecule has 82 valence electrons. The van der Waals surface area contributed by atoms with Crippen LogP contribution in [0, 0.1) is 16.7 Å². The van der Waals surface area contributed by atoms with E-state index in [1.54, 1.807) is 0 Å². The quantitative estimate of drug-likeness (QED) is 0.698. The number of nitriles is 1. The molecule has 1 fully saturated rings. The molecule has 0 saturated heterocycles. The Bertz CT molecular complexity index is 493. The van der Waals surface area contributed by atoms with Crippen LogP contribution < -0.4 is 0 Å². The summed E-state index contributed by atoms with van der Waals surface area (Å²) in [6, 6.07) is 9.27. The van der Waals surface area contributed by atoms with Crippen molar-refractivity contribution in [3.63, 3.8) is 0 Å². The molecule has 1 saturated carbocycles. The van der Waals surface area contributed by atoms with E-state index in [-0.39, 0.29) is 10.8 Å². The van der Waals surface area contributed by atoms with E-state index in [0.717, 1.165) is 6.42 Å². The van der Waals surface area contributed by atoms with Gasteiger partial charge in [0, 0.05) is 0 Å². The fourth-order valence-corrected chi connectivity index (χ4v) is 3.20. The Balaban J connectivity index is 2.06. The molecule has 0 amide bonds. The van der Waals surface area contributed by atoms with Gasteiger partial charge in [0.05, 0.1) is 11.5 Å². The van der Waals surface area contributed by atoms with E-state index < -0.39 is 0 Å². The highest BCUT2D eigenvalue weighted by Crippen LogP contribution is 2.64. The molecule has 1 aromatic carbocycles. The molecule has 0 bridgehead atoms. The maximum atomic E-state index is 9.44. The van der Waals surface area contributed by atoms with E-state index in [2.05, 4.69) is 38.1 Å². The van der Waals surface area contributed by atoms with Gasteiger partial charge < -0.3 is 0 Å². The van der Waals surface area contributed by atoms with E-state index >= 15 is 0 Å². The Labute approximate surface area is 97.1 Å². The van der Waals surface area contributed by atoms with Crippen molar-refractivity contribution in [3.8, 4) is 6.07 Å². The molecular weight excluding hydrogens is 194 g/mol. The van der Waals surface area contributed by atoms with E-state index in [4.69, 9.17) is 0 Å². The molecule has 1 nitrogen and oxygen atoms in total. The van der Waals surface area contributed by atoms with E-state index in [1.165, 1.54) is 36.0 Å². The fraction of sp³-hybridized carbons (Fsp3) is 0.533. The Morgan fingerprint density at radius 2 is 1.88 bits per heavy atom. The Hall–Kier alpha value is -1.29. The Morgan fingerprint density at radius 3 is 2.50 bits per heavy atom. The van der Waals surface area contributed by atoms with Crippen LogP contribution >= 0.6 is 0 Å². The molecule has 1 atom stereocenters. The molecule has 0 spiro atoms. The Kier molecular flexibility index (Phi) is 1.79. The summed E-state index contributed by atoms with van der Waals surface area (Å²) in [7, 11) is 0. The standard InChI is InChI=1S/C15H17N/c1-14(2)9-15(14,10-16)13-7-6-11-4-3-5-12(11)8-13/h6-8H,3-5,9H2,1-2H3. The van der Waals surface area contributed by atoms with Gasteiger partial charge in [-0.2, -0.15) is 5.26 Å². The highest BCUT2D eigenvalue weighted by Gasteiger charge is 2.63. The minimum atomic E-state index is -0.204. The molecule has 16 heavy (non-hydrogen) atoms. The van der Waals surface area contributed by atoms with Crippen LogP contribution in [0.3, 0.4) is 0 Å². The molecule has 0 aromatic heterocycles. The van der Waals surface area contributed by atoms with Gasteiger partial charge in [0.2, 0.25) is 0 Å². The van der Waals surface area contributed by atoms with Crippen molar-refractivity contribution in [2.75, 3.05) is 0 Å². The number of hydrogen-bond donors (Lipinski definition) is 0. The molecule has 2 aliphatic rings. The molecule has 1 aromatic rings.